The minimum absolute atomic E-state index is 0.162. The van der Waals surface area contributed by atoms with Gasteiger partial charge in [-0.15, -0.1) is 0 Å². The molecule has 2 atom stereocenters. The summed E-state index contributed by atoms with van der Waals surface area (Å²) < 4.78 is 25.8. The molecule has 2 rings (SSSR count). The lowest BCUT2D eigenvalue weighted by Gasteiger charge is -2.30. The molecular formula is C20H26N2O3S. The summed E-state index contributed by atoms with van der Waals surface area (Å²) in [6.45, 7) is 5.52. The molecule has 1 amide bonds. The molecule has 0 radical (unpaired) electrons. The van der Waals surface area contributed by atoms with Crippen LogP contribution in [0.5, 0.6) is 0 Å². The molecule has 0 aromatic heterocycles. The SMILES string of the molecule is CC[C@@H](NC(=O)[C@H](C)N(c1ccc(C)cc1)S(C)(=O)=O)c1ccccc1. The first-order valence-corrected chi connectivity index (χ1v) is 10.5. The van der Waals surface area contributed by atoms with E-state index < -0.39 is 16.1 Å². The number of anilines is 1. The zero-order valence-electron chi connectivity index (χ0n) is 15.6. The number of amides is 1. The highest BCUT2D eigenvalue weighted by Crippen LogP contribution is 2.22. The number of hydrogen-bond donors (Lipinski definition) is 1. The molecule has 2 aromatic rings. The van der Waals surface area contributed by atoms with Crippen LogP contribution in [0.25, 0.3) is 0 Å². The fourth-order valence-corrected chi connectivity index (χ4v) is 4.07. The Kier molecular flexibility index (Phi) is 6.42. The molecular weight excluding hydrogens is 348 g/mol. The van der Waals surface area contributed by atoms with Gasteiger partial charge in [0, 0.05) is 0 Å². The van der Waals surface area contributed by atoms with Crippen molar-refractivity contribution >= 4 is 21.6 Å². The third-order valence-electron chi connectivity index (χ3n) is 4.30. The van der Waals surface area contributed by atoms with Crippen molar-refractivity contribution < 1.29 is 13.2 Å². The monoisotopic (exact) mass is 374 g/mol. The third kappa shape index (κ3) is 4.85. The van der Waals surface area contributed by atoms with E-state index in [-0.39, 0.29) is 11.9 Å². The van der Waals surface area contributed by atoms with Gasteiger partial charge in [0.1, 0.15) is 6.04 Å². The van der Waals surface area contributed by atoms with Crippen molar-refractivity contribution in [2.45, 2.75) is 39.3 Å². The Hall–Kier alpha value is -2.34. The van der Waals surface area contributed by atoms with Gasteiger partial charge in [-0.25, -0.2) is 8.42 Å². The molecule has 0 heterocycles. The van der Waals surface area contributed by atoms with E-state index in [1.165, 1.54) is 4.31 Å². The number of aryl methyl sites for hydroxylation is 1. The molecule has 2 aromatic carbocycles. The van der Waals surface area contributed by atoms with Gasteiger partial charge in [0.25, 0.3) is 0 Å². The van der Waals surface area contributed by atoms with E-state index in [1.54, 1.807) is 19.1 Å². The number of sulfonamides is 1. The molecule has 1 N–H and O–H groups in total. The number of nitrogens with zero attached hydrogens (tertiary/aromatic N) is 1. The summed E-state index contributed by atoms with van der Waals surface area (Å²) in [5.41, 5.74) is 2.50. The van der Waals surface area contributed by atoms with Gasteiger partial charge in [0.05, 0.1) is 18.0 Å². The molecule has 0 fully saturated rings. The number of hydrogen-bond acceptors (Lipinski definition) is 3. The van der Waals surface area contributed by atoms with Crippen molar-refractivity contribution in [1.29, 1.82) is 0 Å². The van der Waals surface area contributed by atoms with Gasteiger partial charge >= 0.3 is 0 Å². The van der Waals surface area contributed by atoms with Gasteiger partial charge in [-0.2, -0.15) is 0 Å². The van der Waals surface area contributed by atoms with E-state index in [4.69, 9.17) is 0 Å². The molecule has 140 valence electrons. The van der Waals surface area contributed by atoms with Crippen molar-refractivity contribution in [3.63, 3.8) is 0 Å². The average molecular weight is 375 g/mol. The maximum atomic E-state index is 12.8. The van der Waals surface area contributed by atoms with E-state index in [0.29, 0.717) is 12.1 Å². The van der Waals surface area contributed by atoms with Crippen molar-refractivity contribution in [2.75, 3.05) is 10.6 Å². The number of carbonyl (C=O) groups excluding carboxylic acids is 1. The lowest BCUT2D eigenvalue weighted by Crippen LogP contribution is -2.48. The summed E-state index contributed by atoms with van der Waals surface area (Å²) in [7, 11) is -3.61. The first-order valence-electron chi connectivity index (χ1n) is 8.65. The zero-order valence-corrected chi connectivity index (χ0v) is 16.5. The summed E-state index contributed by atoms with van der Waals surface area (Å²) >= 11 is 0. The van der Waals surface area contributed by atoms with E-state index in [1.807, 2.05) is 56.3 Å². The largest absolute Gasteiger partial charge is 0.347 e. The number of rotatable bonds is 7. The van der Waals surface area contributed by atoms with Crippen LogP contribution < -0.4 is 9.62 Å². The van der Waals surface area contributed by atoms with Gasteiger partial charge in [-0.3, -0.25) is 9.10 Å². The summed E-state index contributed by atoms with van der Waals surface area (Å²) in [5, 5.41) is 2.97. The van der Waals surface area contributed by atoms with Crippen molar-refractivity contribution in [2.24, 2.45) is 0 Å². The molecule has 0 aliphatic heterocycles. The van der Waals surface area contributed by atoms with E-state index in [0.717, 1.165) is 17.4 Å². The topological polar surface area (TPSA) is 66.5 Å². The predicted octanol–water partition coefficient (Wildman–Crippen LogP) is 3.42. The van der Waals surface area contributed by atoms with Crippen LogP contribution in [0.4, 0.5) is 5.69 Å². The quantitative estimate of drug-likeness (QED) is 0.807. The van der Waals surface area contributed by atoms with Crippen LogP contribution in [0.2, 0.25) is 0 Å². The van der Waals surface area contributed by atoms with Crippen molar-refractivity contribution in [1.82, 2.24) is 5.32 Å². The molecule has 0 spiro atoms. The van der Waals surface area contributed by atoms with Crippen molar-refractivity contribution in [3.05, 3.63) is 65.7 Å². The average Bonchev–Trinajstić information content (AvgIpc) is 2.60. The van der Waals surface area contributed by atoms with Gasteiger partial charge < -0.3 is 5.32 Å². The summed E-state index contributed by atoms with van der Waals surface area (Å²) in [6, 6.07) is 15.7. The van der Waals surface area contributed by atoms with Crippen LogP contribution in [0.3, 0.4) is 0 Å². The Morgan fingerprint density at radius 2 is 1.65 bits per heavy atom. The molecule has 6 heteroatoms. The van der Waals surface area contributed by atoms with Crippen LogP contribution in [0.15, 0.2) is 54.6 Å². The van der Waals surface area contributed by atoms with Crippen LogP contribution in [0.1, 0.15) is 37.4 Å². The Balaban J connectivity index is 2.26. The Morgan fingerprint density at radius 3 is 2.15 bits per heavy atom. The second-order valence-corrected chi connectivity index (χ2v) is 8.31. The highest BCUT2D eigenvalue weighted by Gasteiger charge is 2.30. The molecule has 0 aliphatic carbocycles. The van der Waals surface area contributed by atoms with E-state index >= 15 is 0 Å². The molecule has 26 heavy (non-hydrogen) atoms. The van der Waals surface area contributed by atoms with Crippen molar-refractivity contribution in [3.8, 4) is 0 Å². The molecule has 0 saturated carbocycles. The molecule has 0 unspecified atom stereocenters. The predicted molar refractivity (Wildman–Crippen MR) is 106 cm³/mol. The number of nitrogens with one attached hydrogen (secondary N) is 1. The Morgan fingerprint density at radius 1 is 1.08 bits per heavy atom. The summed E-state index contributed by atoms with van der Waals surface area (Å²) in [6.07, 6.45) is 1.83. The number of benzene rings is 2. The van der Waals surface area contributed by atoms with Crippen LogP contribution in [-0.2, 0) is 14.8 Å². The van der Waals surface area contributed by atoms with Gasteiger partial charge in [0.15, 0.2) is 0 Å². The van der Waals surface area contributed by atoms with E-state index in [2.05, 4.69) is 5.32 Å². The summed E-state index contributed by atoms with van der Waals surface area (Å²) in [5.74, 6) is -0.327. The normalized spacial score (nSPS) is 13.7. The smallest absolute Gasteiger partial charge is 0.244 e. The second kappa shape index (κ2) is 8.36. The summed E-state index contributed by atoms with van der Waals surface area (Å²) in [4.78, 5) is 12.8. The lowest BCUT2D eigenvalue weighted by molar-refractivity contribution is -0.122. The fourth-order valence-electron chi connectivity index (χ4n) is 2.90. The van der Waals surface area contributed by atoms with Crippen LogP contribution >= 0.6 is 0 Å². The fraction of sp³-hybridized carbons (Fsp3) is 0.350. The maximum absolute atomic E-state index is 12.8. The third-order valence-corrected chi connectivity index (χ3v) is 5.55. The highest BCUT2D eigenvalue weighted by molar-refractivity contribution is 7.92. The second-order valence-electron chi connectivity index (χ2n) is 6.45. The van der Waals surface area contributed by atoms with E-state index in [9.17, 15) is 13.2 Å². The minimum Gasteiger partial charge on any atom is -0.347 e. The first-order chi connectivity index (χ1) is 12.2. The standard InChI is InChI=1S/C20H26N2O3S/c1-5-19(17-9-7-6-8-10-17)21-20(23)16(3)22(26(4,24)25)18-13-11-15(2)12-14-18/h6-14,16,19H,5H2,1-4H3,(H,21,23)/t16-,19+/m0/s1. The van der Waals surface area contributed by atoms with Gasteiger partial charge in [-0.1, -0.05) is 55.0 Å². The Labute approximate surface area is 156 Å². The molecule has 0 aliphatic rings. The lowest BCUT2D eigenvalue weighted by atomic mass is 10.0. The molecule has 5 nitrogen and oxygen atoms in total. The van der Waals surface area contributed by atoms with Gasteiger partial charge in [0.2, 0.25) is 15.9 Å². The Bertz CT molecular complexity index is 833. The van der Waals surface area contributed by atoms with Gasteiger partial charge in [-0.05, 0) is 38.0 Å². The number of carbonyl (C=O) groups is 1. The zero-order chi connectivity index (χ0) is 19.3. The first kappa shape index (κ1) is 20.0. The highest BCUT2D eigenvalue weighted by atomic mass is 32.2. The van der Waals surface area contributed by atoms with Crippen LogP contribution in [0, 0.1) is 6.92 Å². The molecule has 0 bridgehead atoms. The maximum Gasteiger partial charge on any atom is 0.244 e. The minimum atomic E-state index is -3.61. The van der Waals surface area contributed by atoms with Crippen LogP contribution in [-0.4, -0.2) is 26.6 Å². The molecule has 0 saturated heterocycles.